The van der Waals surface area contributed by atoms with E-state index < -0.39 is 60.3 Å². The summed E-state index contributed by atoms with van der Waals surface area (Å²) in [6.07, 6.45) is -5.38. The molecule has 2 heterocycles. The van der Waals surface area contributed by atoms with Gasteiger partial charge in [-0.3, -0.25) is 19.1 Å². The van der Waals surface area contributed by atoms with Crippen LogP contribution in [0.2, 0.25) is 0 Å². The summed E-state index contributed by atoms with van der Waals surface area (Å²) in [5.74, 6) is 0. The zero-order valence-corrected chi connectivity index (χ0v) is 17.5. The Bertz CT molecular complexity index is 1050. The van der Waals surface area contributed by atoms with Gasteiger partial charge in [-0.25, -0.2) is 18.5 Å². The van der Waals surface area contributed by atoms with E-state index in [4.69, 9.17) is 24.8 Å². The molecule has 0 bridgehead atoms. The van der Waals surface area contributed by atoms with Crippen molar-refractivity contribution in [2.45, 2.75) is 24.5 Å². The molecule has 0 saturated carbocycles. The number of aliphatic hydroxyl groups is 2. The fourth-order valence-corrected chi connectivity index (χ4v) is 5.39. The van der Waals surface area contributed by atoms with Crippen LogP contribution < -0.4 is 11.2 Å². The highest BCUT2D eigenvalue weighted by Gasteiger charge is 2.46. The number of hydrogen-bond donors (Lipinski definition) is 7. The number of phosphoric acid groups is 3. The zero-order valence-electron chi connectivity index (χ0n) is 14.9. The monoisotopic (exact) mass is 497 g/mol. The van der Waals surface area contributed by atoms with Crippen molar-refractivity contribution >= 4 is 23.5 Å². The smallest absolute Gasteiger partial charge is 0.387 e. The molecule has 1 aliphatic heterocycles. The van der Waals surface area contributed by atoms with Crippen LogP contribution in [0.25, 0.3) is 0 Å². The van der Waals surface area contributed by atoms with Crippen LogP contribution >= 0.6 is 23.5 Å². The summed E-state index contributed by atoms with van der Waals surface area (Å²) in [6.45, 7) is -1.02. The van der Waals surface area contributed by atoms with Gasteiger partial charge in [-0.2, -0.15) is 8.62 Å². The van der Waals surface area contributed by atoms with E-state index in [9.17, 15) is 33.6 Å². The van der Waals surface area contributed by atoms with Crippen molar-refractivity contribution in [3.8, 4) is 0 Å². The van der Waals surface area contributed by atoms with Gasteiger partial charge < -0.3 is 34.5 Å². The summed E-state index contributed by atoms with van der Waals surface area (Å²) in [4.78, 5) is 47.6. The Hall–Kier alpha value is -1.03. The van der Waals surface area contributed by atoms with Gasteiger partial charge in [-0.05, 0) is 6.07 Å². The Labute approximate surface area is 166 Å². The van der Waals surface area contributed by atoms with Gasteiger partial charge in [0.1, 0.15) is 23.8 Å². The third-order valence-corrected chi connectivity index (χ3v) is 7.49. The maximum atomic E-state index is 12.2. The second-order valence-electron chi connectivity index (χ2n) is 5.88. The van der Waals surface area contributed by atoms with Crippen LogP contribution in [0.15, 0.2) is 17.1 Å². The van der Waals surface area contributed by atoms with Gasteiger partial charge in [0.15, 0.2) is 6.23 Å². The second-order valence-corrected chi connectivity index (χ2v) is 10.3. The molecule has 7 N–H and O–H groups in total. The fraction of sp³-hybridized carbons (Fsp3) is 0.600. The van der Waals surface area contributed by atoms with Crippen LogP contribution in [0.1, 0.15) is 6.23 Å². The Morgan fingerprint density at radius 1 is 1.10 bits per heavy atom. The van der Waals surface area contributed by atoms with Gasteiger partial charge in [-0.15, -0.1) is 0 Å². The van der Waals surface area contributed by atoms with Crippen LogP contribution in [-0.4, -0.2) is 63.8 Å². The van der Waals surface area contributed by atoms with Gasteiger partial charge in [-0.1, -0.05) is 0 Å². The van der Waals surface area contributed by atoms with E-state index in [1.165, 1.54) is 13.1 Å². The second kappa shape index (κ2) is 8.84. The number of rotatable bonds is 8. The highest BCUT2D eigenvalue weighted by atomic mass is 31.3. The summed E-state index contributed by atoms with van der Waals surface area (Å²) in [5.41, 5.74) is -0.944. The highest BCUT2D eigenvalue weighted by molar-refractivity contribution is 7.66. The van der Waals surface area contributed by atoms with E-state index in [0.717, 1.165) is 15.3 Å². The highest BCUT2D eigenvalue weighted by Crippen LogP contribution is 2.66. The average Bonchev–Trinajstić information content (AvgIpc) is 2.83. The van der Waals surface area contributed by atoms with Crippen LogP contribution in [-0.2, 0) is 38.6 Å². The van der Waals surface area contributed by atoms with Crippen LogP contribution in [0.3, 0.4) is 0 Å². The lowest BCUT2D eigenvalue weighted by atomic mass is 10.1. The minimum absolute atomic E-state index is 0.159. The van der Waals surface area contributed by atoms with Crippen molar-refractivity contribution in [1.82, 2.24) is 9.13 Å². The maximum Gasteiger partial charge on any atom is 0.490 e. The lowest BCUT2D eigenvalue weighted by Gasteiger charge is -2.19. The first-order valence-corrected chi connectivity index (χ1v) is 12.2. The molecule has 6 atom stereocenters. The maximum absolute atomic E-state index is 12.2. The minimum atomic E-state index is -5.72. The van der Waals surface area contributed by atoms with E-state index in [1.54, 1.807) is 0 Å². The van der Waals surface area contributed by atoms with Gasteiger partial charge in [0.2, 0.25) is 0 Å². The summed E-state index contributed by atoms with van der Waals surface area (Å²) in [7, 11) is -15.5. The van der Waals surface area contributed by atoms with Crippen LogP contribution in [0.4, 0.5) is 0 Å². The average molecular weight is 497 g/mol. The van der Waals surface area contributed by atoms with E-state index >= 15 is 0 Å². The van der Waals surface area contributed by atoms with Gasteiger partial charge in [0, 0.05) is 13.2 Å². The minimum Gasteiger partial charge on any atom is -0.387 e. The summed E-state index contributed by atoms with van der Waals surface area (Å²) < 4.78 is 52.0. The number of nitrogens with zero attached hydrogens (tertiary/aromatic N) is 2. The van der Waals surface area contributed by atoms with Crippen molar-refractivity contribution in [3.63, 3.8) is 0 Å². The molecule has 0 amide bonds. The number of nitrogens with one attached hydrogen (secondary N) is 1. The predicted molar refractivity (Wildman–Crippen MR) is 91.3 cm³/mol. The van der Waals surface area contributed by atoms with Crippen LogP contribution in [0, 0.1) is 5.41 Å². The van der Waals surface area contributed by atoms with E-state index in [2.05, 4.69) is 13.1 Å². The molecule has 1 aromatic heterocycles. The Kier molecular flexibility index (Phi) is 7.44. The third kappa shape index (κ3) is 6.24. The van der Waals surface area contributed by atoms with Crippen LogP contribution in [0.5, 0.6) is 0 Å². The fourth-order valence-electron chi connectivity index (χ4n) is 2.36. The predicted octanol–water partition coefficient (Wildman–Crippen LogP) is -2.37. The molecule has 0 radical (unpaired) electrons. The van der Waals surface area contributed by atoms with Gasteiger partial charge >= 0.3 is 29.2 Å². The molecular weight excluding hydrogens is 479 g/mol. The molecule has 0 aliphatic carbocycles. The molecule has 1 saturated heterocycles. The summed E-state index contributed by atoms with van der Waals surface area (Å²) in [6, 6.07) is 1.20. The molecule has 172 valence electrons. The Morgan fingerprint density at radius 2 is 1.70 bits per heavy atom. The van der Waals surface area contributed by atoms with Crippen molar-refractivity contribution in [2.24, 2.45) is 7.05 Å². The molecule has 20 heteroatoms. The normalized spacial score (nSPS) is 28.8. The summed E-state index contributed by atoms with van der Waals surface area (Å²) >= 11 is 0. The zero-order chi connectivity index (χ0) is 23.1. The largest absolute Gasteiger partial charge is 0.490 e. The number of ether oxygens (including phenoxy) is 1. The molecule has 1 aliphatic rings. The Morgan fingerprint density at radius 3 is 2.27 bits per heavy atom. The van der Waals surface area contributed by atoms with Gasteiger partial charge in [0.25, 0.3) is 0 Å². The number of aliphatic hydroxyl groups excluding tert-OH is 2. The van der Waals surface area contributed by atoms with E-state index in [1.807, 2.05) is 0 Å². The third-order valence-electron chi connectivity index (χ3n) is 3.69. The molecule has 30 heavy (non-hydrogen) atoms. The molecular formula is C10H18N3O14P3. The molecule has 3 unspecified atom stereocenters. The molecule has 2 rings (SSSR count). The van der Waals surface area contributed by atoms with Crippen molar-refractivity contribution < 1.29 is 61.4 Å². The first-order chi connectivity index (χ1) is 13.5. The number of phosphoric ester groups is 1. The number of hydrogen-bond acceptors (Lipinski definition) is 11. The number of aromatic nitrogens is 2. The van der Waals surface area contributed by atoms with Gasteiger partial charge in [0.05, 0.1) is 6.61 Å². The first kappa shape index (κ1) is 25.2. The first-order valence-electron chi connectivity index (χ1n) is 7.66. The molecule has 0 spiro atoms. The van der Waals surface area contributed by atoms with Crippen molar-refractivity contribution in [1.29, 1.82) is 5.41 Å². The molecule has 1 aromatic rings. The Balaban J connectivity index is 2.09. The standard InChI is InChI=1S/C10H18N3O14P3/c1-12-6(11)2-3-13(10(12)16)9-8(15)7(14)5(25-9)4-24-29(20,21)27-30(22,23)26-28(17,18)19/h2-3,5,7-9,11,14-15H,4H2,1H3,(H,20,21)(H,22,23)(H2,17,18,19)/t5-,7?,8+,9-/m1/s1. The summed E-state index contributed by atoms with van der Waals surface area (Å²) in [5, 5.41) is 27.7. The SMILES string of the molecule is Cn1c(=N)ccn([C@@H]2O[C@H](COP(=O)(O)OP(=O)(O)OP(=O)(O)O)C(O)[C@@H]2O)c1=O. The van der Waals surface area contributed by atoms with Crippen molar-refractivity contribution in [2.75, 3.05) is 6.61 Å². The molecule has 0 aromatic carbocycles. The van der Waals surface area contributed by atoms with Crippen molar-refractivity contribution in [3.05, 3.63) is 28.2 Å². The lowest BCUT2D eigenvalue weighted by molar-refractivity contribution is -0.0547. The van der Waals surface area contributed by atoms with E-state index in [0.29, 0.717) is 0 Å². The lowest BCUT2D eigenvalue weighted by Crippen LogP contribution is -2.41. The molecule has 17 nitrogen and oxygen atoms in total. The quantitative estimate of drug-likeness (QED) is 0.185. The van der Waals surface area contributed by atoms with E-state index in [-0.39, 0.29) is 5.49 Å². The molecule has 1 fully saturated rings. The topological polar surface area (TPSA) is 260 Å².